The zero-order valence-corrected chi connectivity index (χ0v) is 10.2. The molecule has 1 nitrogen and oxygen atoms in total. The number of hydrogen-bond acceptors (Lipinski definition) is 2. The zero-order chi connectivity index (χ0) is 7.90. The molecule has 0 aromatic heterocycles. The van der Waals surface area contributed by atoms with Crippen LogP contribution < -0.4 is 4.27 Å². The second kappa shape index (κ2) is 2.82. The summed E-state index contributed by atoms with van der Waals surface area (Å²) in [6.07, 6.45) is 0. The molecule has 62 valence electrons. The molecule has 3 heteroatoms. The number of allylic oxidation sites excluding steroid dienone is 2. The molecule has 0 aliphatic carbocycles. The van der Waals surface area contributed by atoms with Crippen molar-refractivity contribution in [2.75, 3.05) is 12.3 Å². The van der Waals surface area contributed by atoms with Gasteiger partial charge in [-0.3, -0.25) is 0 Å². The molecule has 1 saturated heterocycles. The Balaban J connectivity index is 2.12. The Morgan fingerprint density at radius 3 is 2.36 bits per heavy atom. The Labute approximate surface area is 74.6 Å². The van der Waals surface area contributed by atoms with Gasteiger partial charge in [0.25, 0.3) is 0 Å². The summed E-state index contributed by atoms with van der Waals surface area (Å²) in [5.74, 6) is 1.38. The molecule has 2 aliphatic heterocycles. The van der Waals surface area contributed by atoms with Crippen molar-refractivity contribution in [2.45, 2.75) is 24.4 Å². The second-order valence-corrected chi connectivity index (χ2v) is 16.7. The Morgan fingerprint density at radius 1 is 1.27 bits per heavy atom. The van der Waals surface area contributed by atoms with Crippen molar-refractivity contribution in [3.63, 3.8) is 0 Å². The van der Waals surface area contributed by atoms with Crippen molar-refractivity contribution in [2.24, 2.45) is 0 Å². The van der Waals surface area contributed by atoms with E-state index in [0.717, 1.165) is 0 Å². The van der Waals surface area contributed by atoms with E-state index in [1.165, 1.54) is 22.8 Å². The fourth-order valence-electron chi connectivity index (χ4n) is 2.02. The van der Waals surface area contributed by atoms with Crippen LogP contribution in [0.25, 0.3) is 0 Å². The van der Waals surface area contributed by atoms with Gasteiger partial charge in [0, 0.05) is 0 Å². The van der Waals surface area contributed by atoms with E-state index < -0.39 is 12.3 Å². The molecule has 0 saturated carbocycles. The first-order valence-electron chi connectivity index (χ1n) is 4.26. The number of nitrogens with one attached hydrogen (secondary N) is 1. The molecule has 0 radical (unpaired) electrons. The molecule has 0 aromatic rings. The average molecular weight is 230 g/mol. The predicted molar refractivity (Wildman–Crippen MR) is 54.2 cm³/mol. The second-order valence-electron chi connectivity index (χ2n) is 3.68. The first-order valence-corrected chi connectivity index (χ1v) is 11.8. The molecule has 0 aromatic carbocycles. The van der Waals surface area contributed by atoms with E-state index in [0.29, 0.717) is 0 Å². The molecular weight excluding hydrogens is 215 g/mol. The third kappa shape index (κ3) is 1.41. The van der Waals surface area contributed by atoms with E-state index in [2.05, 4.69) is 28.2 Å². The summed E-state index contributed by atoms with van der Waals surface area (Å²) in [4.78, 5) is 0. The summed E-state index contributed by atoms with van der Waals surface area (Å²) in [6.45, 7) is 5.91. The van der Waals surface area contributed by atoms with Crippen molar-refractivity contribution in [1.82, 2.24) is 4.27 Å². The molecular formula is C8H15GeNS. The summed E-state index contributed by atoms with van der Waals surface area (Å²) in [6, 6.07) is 0. The SMILES string of the molecule is CC1=C(C)[CH2][Ge]2([CH2]1)[NH]CC[S]2. The summed E-state index contributed by atoms with van der Waals surface area (Å²) in [5, 5.41) is 2.91. The Bertz CT molecular complexity index is 190. The van der Waals surface area contributed by atoms with E-state index >= 15 is 0 Å². The Kier molecular flexibility index (Phi) is 2.10. The topological polar surface area (TPSA) is 12.0 Å². The third-order valence-corrected chi connectivity index (χ3v) is 17.2. The normalized spacial score (nSPS) is 28.9. The first-order chi connectivity index (χ1) is 5.22. The monoisotopic (exact) mass is 231 g/mol. The van der Waals surface area contributed by atoms with E-state index in [9.17, 15) is 0 Å². The predicted octanol–water partition coefficient (Wildman–Crippen LogP) is 2.12. The molecule has 1 fully saturated rings. The number of rotatable bonds is 0. The molecule has 2 heterocycles. The molecule has 0 unspecified atom stereocenters. The van der Waals surface area contributed by atoms with Gasteiger partial charge in [-0.1, -0.05) is 0 Å². The van der Waals surface area contributed by atoms with Gasteiger partial charge in [-0.15, -0.1) is 0 Å². The minimum absolute atomic E-state index is 1.28. The maximum atomic E-state index is 3.80. The number of hydrogen-bond donors (Lipinski definition) is 1. The van der Waals surface area contributed by atoms with Gasteiger partial charge in [0.2, 0.25) is 0 Å². The van der Waals surface area contributed by atoms with Crippen molar-refractivity contribution < 1.29 is 0 Å². The molecule has 1 spiro atoms. The van der Waals surface area contributed by atoms with E-state index in [1.807, 2.05) is 0 Å². The van der Waals surface area contributed by atoms with E-state index in [-0.39, 0.29) is 0 Å². The van der Waals surface area contributed by atoms with Crippen LogP contribution in [0, 0.1) is 0 Å². The first kappa shape index (κ1) is 8.20. The quantitative estimate of drug-likeness (QED) is 0.505. The molecule has 0 bridgehead atoms. The summed E-state index contributed by atoms with van der Waals surface area (Å²) in [7, 11) is 2.29. The van der Waals surface area contributed by atoms with Crippen molar-refractivity contribution in [1.29, 1.82) is 0 Å². The van der Waals surface area contributed by atoms with Gasteiger partial charge in [-0.05, 0) is 0 Å². The minimum atomic E-state index is -1.50. The average Bonchev–Trinajstić information content (AvgIpc) is 2.46. The van der Waals surface area contributed by atoms with Crippen LogP contribution >= 0.6 is 10.1 Å². The van der Waals surface area contributed by atoms with E-state index in [4.69, 9.17) is 0 Å². The summed E-state index contributed by atoms with van der Waals surface area (Å²) in [5.41, 5.74) is 3.37. The Hall–Kier alpha value is 0.593. The molecule has 0 amide bonds. The third-order valence-electron chi connectivity index (χ3n) is 2.76. The van der Waals surface area contributed by atoms with Gasteiger partial charge in [-0.2, -0.15) is 0 Å². The summed E-state index contributed by atoms with van der Waals surface area (Å²) < 4.78 is 3.80. The van der Waals surface area contributed by atoms with Crippen molar-refractivity contribution in [3.8, 4) is 0 Å². The van der Waals surface area contributed by atoms with Crippen LogP contribution in [0.15, 0.2) is 11.1 Å². The molecule has 2 rings (SSSR count). The fourth-order valence-corrected chi connectivity index (χ4v) is 18.0. The van der Waals surface area contributed by atoms with E-state index in [1.54, 1.807) is 11.1 Å². The fraction of sp³-hybridized carbons (Fsp3) is 0.750. The molecule has 0 atom stereocenters. The van der Waals surface area contributed by atoms with Gasteiger partial charge in [0.1, 0.15) is 0 Å². The van der Waals surface area contributed by atoms with Crippen LogP contribution in [0.4, 0.5) is 0 Å². The molecule has 11 heavy (non-hydrogen) atoms. The Morgan fingerprint density at radius 2 is 1.91 bits per heavy atom. The van der Waals surface area contributed by atoms with Crippen LogP contribution in [-0.4, -0.2) is 24.6 Å². The zero-order valence-electron chi connectivity index (χ0n) is 7.24. The van der Waals surface area contributed by atoms with Crippen molar-refractivity contribution in [3.05, 3.63) is 11.1 Å². The maximum absolute atomic E-state index is 3.80. The van der Waals surface area contributed by atoms with Crippen LogP contribution in [0.2, 0.25) is 10.5 Å². The van der Waals surface area contributed by atoms with Crippen LogP contribution in [0.3, 0.4) is 0 Å². The van der Waals surface area contributed by atoms with Gasteiger partial charge in [0.15, 0.2) is 0 Å². The van der Waals surface area contributed by atoms with Gasteiger partial charge < -0.3 is 0 Å². The molecule has 2 aliphatic rings. The van der Waals surface area contributed by atoms with Crippen LogP contribution in [-0.2, 0) is 0 Å². The van der Waals surface area contributed by atoms with Crippen LogP contribution in [0.1, 0.15) is 13.8 Å². The summed E-state index contributed by atoms with van der Waals surface area (Å²) >= 11 is -1.50. The van der Waals surface area contributed by atoms with Crippen molar-refractivity contribution >= 4 is 22.4 Å². The standard InChI is InChI=1S/C8H15GeNS/c1-7-5-9(6-8(7)2)10-3-4-11-9/h10H,3-6H2,1-2H3. The van der Waals surface area contributed by atoms with Gasteiger partial charge >= 0.3 is 74.5 Å². The molecule has 1 N–H and O–H groups in total. The van der Waals surface area contributed by atoms with Crippen LogP contribution in [0.5, 0.6) is 0 Å². The van der Waals surface area contributed by atoms with Gasteiger partial charge in [0.05, 0.1) is 0 Å². The van der Waals surface area contributed by atoms with Gasteiger partial charge in [-0.25, -0.2) is 0 Å².